The second-order valence-electron chi connectivity index (χ2n) is 2.16. The van der Waals surface area contributed by atoms with Gasteiger partial charge in [-0.3, -0.25) is 0 Å². The van der Waals surface area contributed by atoms with Crippen LogP contribution in [0.4, 0.5) is 0 Å². The van der Waals surface area contributed by atoms with Crippen LogP contribution in [0.2, 0.25) is 0 Å². The lowest BCUT2D eigenvalue weighted by atomic mass is 10.2. The van der Waals surface area contributed by atoms with Crippen LogP contribution in [0.1, 0.15) is 46.0 Å². The molecular formula is C9H16. The highest BCUT2D eigenvalue weighted by Gasteiger charge is 1.78. The number of hydrogen-bond acceptors (Lipinski definition) is 0. The van der Waals surface area contributed by atoms with Crippen LogP contribution in [-0.2, 0) is 0 Å². The molecule has 9 heavy (non-hydrogen) atoms. The van der Waals surface area contributed by atoms with Gasteiger partial charge in [0.1, 0.15) is 0 Å². The lowest BCUT2D eigenvalue weighted by Crippen LogP contribution is -1.70. The van der Waals surface area contributed by atoms with Crippen molar-refractivity contribution in [1.29, 1.82) is 0 Å². The number of unbranched alkanes of at least 4 members (excludes halogenated alkanes) is 3. The third-order valence-electron chi connectivity index (χ3n) is 1.21. The Balaban J connectivity index is 2.90. The van der Waals surface area contributed by atoms with Crippen LogP contribution >= 0.6 is 0 Å². The van der Waals surface area contributed by atoms with E-state index in [0.717, 1.165) is 12.8 Å². The van der Waals surface area contributed by atoms with E-state index in [0.29, 0.717) is 0 Å². The van der Waals surface area contributed by atoms with E-state index in [9.17, 15) is 0 Å². The highest BCUT2D eigenvalue weighted by Crippen LogP contribution is 1.96. The molecular weight excluding hydrogens is 108 g/mol. The monoisotopic (exact) mass is 124 g/mol. The Kier molecular flexibility index (Phi) is 7.19. The molecule has 0 unspecified atom stereocenters. The molecule has 0 heteroatoms. The fourth-order valence-corrected chi connectivity index (χ4v) is 0.677. The molecule has 0 nitrogen and oxygen atoms in total. The fraction of sp³-hybridized carbons (Fsp3) is 0.778. The Morgan fingerprint density at radius 3 is 2.33 bits per heavy atom. The molecule has 0 fully saturated rings. The first-order valence-corrected chi connectivity index (χ1v) is 3.87. The smallest absolute Gasteiger partial charge is 0.00886 e. The zero-order chi connectivity index (χ0) is 6.95. The zero-order valence-electron chi connectivity index (χ0n) is 6.54. The summed E-state index contributed by atoms with van der Waals surface area (Å²) in [6.45, 7) is 4.31. The first-order valence-electron chi connectivity index (χ1n) is 3.87. The molecule has 0 N–H and O–H groups in total. The van der Waals surface area contributed by atoms with E-state index in [2.05, 4.69) is 25.7 Å². The summed E-state index contributed by atoms with van der Waals surface area (Å²) in [6.07, 6.45) is 6.02. The van der Waals surface area contributed by atoms with Crippen LogP contribution in [0.5, 0.6) is 0 Å². The van der Waals surface area contributed by atoms with Crippen molar-refractivity contribution in [3.63, 3.8) is 0 Å². The molecule has 0 amide bonds. The highest BCUT2D eigenvalue weighted by atomic mass is 13.8. The molecule has 0 saturated carbocycles. The van der Waals surface area contributed by atoms with E-state index in [1.807, 2.05) is 0 Å². The largest absolute Gasteiger partial charge is 0.104 e. The lowest BCUT2D eigenvalue weighted by molar-refractivity contribution is 0.737. The lowest BCUT2D eigenvalue weighted by Gasteiger charge is -1.87. The maximum absolute atomic E-state index is 3.12. The molecule has 0 aliphatic heterocycles. The number of rotatable bonds is 3. The van der Waals surface area contributed by atoms with Gasteiger partial charge in [0.2, 0.25) is 0 Å². The molecule has 0 saturated heterocycles. The van der Waals surface area contributed by atoms with Gasteiger partial charge in [0.25, 0.3) is 0 Å². The van der Waals surface area contributed by atoms with Crippen molar-refractivity contribution >= 4 is 0 Å². The summed E-state index contributed by atoms with van der Waals surface area (Å²) in [5.41, 5.74) is 0. The average molecular weight is 124 g/mol. The molecule has 0 heterocycles. The Bertz CT molecular complexity index is 92.3. The minimum atomic E-state index is 1.01. The minimum absolute atomic E-state index is 1.01. The average Bonchev–Trinajstić information content (AvgIpc) is 1.89. The van der Waals surface area contributed by atoms with Crippen molar-refractivity contribution in [3.8, 4) is 11.8 Å². The molecule has 52 valence electrons. The van der Waals surface area contributed by atoms with Gasteiger partial charge in [-0.05, 0) is 6.42 Å². The topological polar surface area (TPSA) is 0 Å². The van der Waals surface area contributed by atoms with E-state index in [1.165, 1.54) is 19.3 Å². The first kappa shape index (κ1) is 8.56. The molecule has 0 aliphatic carbocycles. The van der Waals surface area contributed by atoms with Gasteiger partial charge in [-0.2, -0.15) is 0 Å². The van der Waals surface area contributed by atoms with Gasteiger partial charge in [-0.1, -0.05) is 26.7 Å². The van der Waals surface area contributed by atoms with Crippen molar-refractivity contribution in [2.45, 2.75) is 46.0 Å². The van der Waals surface area contributed by atoms with Crippen molar-refractivity contribution in [2.75, 3.05) is 0 Å². The van der Waals surface area contributed by atoms with E-state index in [4.69, 9.17) is 0 Å². The molecule has 0 aliphatic rings. The Labute approximate surface area is 58.7 Å². The summed E-state index contributed by atoms with van der Waals surface area (Å²) in [5, 5.41) is 0. The minimum Gasteiger partial charge on any atom is -0.104 e. The fourth-order valence-electron chi connectivity index (χ4n) is 0.677. The van der Waals surface area contributed by atoms with E-state index < -0.39 is 0 Å². The van der Waals surface area contributed by atoms with Crippen LogP contribution in [-0.4, -0.2) is 0 Å². The van der Waals surface area contributed by atoms with Gasteiger partial charge in [0.15, 0.2) is 0 Å². The molecule has 0 rings (SSSR count). The number of hydrogen-bond donors (Lipinski definition) is 0. The Morgan fingerprint density at radius 2 is 1.78 bits per heavy atom. The van der Waals surface area contributed by atoms with Crippen LogP contribution in [0.3, 0.4) is 0 Å². The molecule has 0 spiro atoms. The molecule has 0 atom stereocenters. The Morgan fingerprint density at radius 1 is 1.00 bits per heavy atom. The molecule has 0 aromatic rings. The quantitative estimate of drug-likeness (QED) is 0.401. The van der Waals surface area contributed by atoms with Crippen molar-refractivity contribution in [3.05, 3.63) is 0 Å². The van der Waals surface area contributed by atoms with Crippen LogP contribution in [0.25, 0.3) is 0 Å². The van der Waals surface area contributed by atoms with Crippen LogP contribution in [0, 0.1) is 11.8 Å². The summed E-state index contributed by atoms with van der Waals surface area (Å²) in [7, 11) is 0. The van der Waals surface area contributed by atoms with Crippen LogP contribution < -0.4 is 0 Å². The van der Waals surface area contributed by atoms with Gasteiger partial charge in [0.05, 0.1) is 0 Å². The van der Waals surface area contributed by atoms with E-state index in [1.54, 1.807) is 0 Å². The maximum Gasteiger partial charge on any atom is 0.00886 e. The third kappa shape index (κ3) is 7.56. The van der Waals surface area contributed by atoms with Crippen molar-refractivity contribution in [1.82, 2.24) is 0 Å². The maximum atomic E-state index is 3.12. The third-order valence-corrected chi connectivity index (χ3v) is 1.21. The molecule has 0 aromatic carbocycles. The summed E-state index contributed by atoms with van der Waals surface area (Å²) in [5.74, 6) is 6.18. The second-order valence-corrected chi connectivity index (χ2v) is 2.16. The van der Waals surface area contributed by atoms with Gasteiger partial charge in [-0.15, -0.1) is 11.8 Å². The molecule has 0 aromatic heterocycles. The van der Waals surface area contributed by atoms with Crippen molar-refractivity contribution < 1.29 is 0 Å². The van der Waals surface area contributed by atoms with Gasteiger partial charge in [0, 0.05) is 12.8 Å². The zero-order valence-corrected chi connectivity index (χ0v) is 6.54. The van der Waals surface area contributed by atoms with Gasteiger partial charge >= 0.3 is 0 Å². The summed E-state index contributed by atoms with van der Waals surface area (Å²) < 4.78 is 0. The van der Waals surface area contributed by atoms with Gasteiger partial charge < -0.3 is 0 Å². The Hall–Kier alpha value is -0.440. The predicted octanol–water partition coefficient (Wildman–Crippen LogP) is 2.98. The first-order chi connectivity index (χ1) is 4.41. The summed E-state index contributed by atoms with van der Waals surface area (Å²) in [6, 6.07) is 0. The standard InChI is InChI=1S/C9H16/c1-3-5-7-9-8-6-4-2/h3-5,7,9H2,1-2H3. The van der Waals surface area contributed by atoms with E-state index in [-0.39, 0.29) is 0 Å². The summed E-state index contributed by atoms with van der Waals surface area (Å²) in [4.78, 5) is 0. The van der Waals surface area contributed by atoms with Crippen LogP contribution in [0.15, 0.2) is 0 Å². The van der Waals surface area contributed by atoms with Gasteiger partial charge in [-0.25, -0.2) is 0 Å². The summed E-state index contributed by atoms with van der Waals surface area (Å²) >= 11 is 0. The normalized spacial score (nSPS) is 8.22. The predicted molar refractivity (Wildman–Crippen MR) is 42.2 cm³/mol. The highest BCUT2D eigenvalue weighted by molar-refractivity contribution is 4.97. The molecule has 0 bridgehead atoms. The molecule has 0 radical (unpaired) electrons. The SMILES string of the molecule is CCC#CCCCCC. The van der Waals surface area contributed by atoms with Crippen molar-refractivity contribution in [2.24, 2.45) is 0 Å². The second kappa shape index (κ2) is 7.56. The van der Waals surface area contributed by atoms with E-state index >= 15 is 0 Å².